The Hall–Kier alpha value is -0.640. The Morgan fingerprint density at radius 1 is 1.26 bits per heavy atom. The maximum atomic E-state index is 12.7. The van der Waals surface area contributed by atoms with Gasteiger partial charge in [-0.3, -0.25) is 4.79 Å². The van der Waals surface area contributed by atoms with Gasteiger partial charge in [0.25, 0.3) is 5.91 Å². The van der Waals surface area contributed by atoms with Gasteiger partial charge in [0.2, 0.25) is 6.49 Å². The minimum atomic E-state index is -4.51. The summed E-state index contributed by atoms with van der Waals surface area (Å²) >= 11 is 7.35. The van der Waals surface area contributed by atoms with Crippen LogP contribution in [0, 0.1) is 17.4 Å². The van der Waals surface area contributed by atoms with Crippen molar-refractivity contribution in [1.29, 1.82) is 0 Å². The second-order valence-electron chi connectivity index (χ2n) is 6.95. The molecule has 0 bridgehead atoms. The van der Waals surface area contributed by atoms with Crippen LogP contribution in [0.5, 0.6) is 0 Å². The number of aryl methyl sites for hydroxylation is 2. The zero-order valence-corrected chi connectivity index (χ0v) is 19.3. The topological polar surface area (TPSA) is 47.6 Å². The SMILES string of the molecule is Cc1cc(I)cc(C)c1C1=C(OP(C)(=S)OCC(F)(F)F)C(C)(C)NC1=O. The van der Waals surface area contributed by atoms with Gasteiger partial charge in [0, 0.05) is 10.2 Å². The number of halogens is 4. The van der Waals surface area contributed by atoms with Crippen molar-refractivity contribution in [2.75, 3.05) is 13.3 Å². The van der Waals surface area contributed by atoms with Crippen LogP contribution in [-0.4, -0.2) is 30.9 Å². The molecule has 1 heterocycles. The van der Waals surface area contributed by atoms with Gasteiger partial charge in [0.05, 0.1) is 11.1 Å². The number of amides is 1. The van der Waals surface area contributed by atoms with Gasteiger partial charge in [-0.05, 0) is 90.9 Å². The number of benzene rings is 1. The molecule has 0 saturated carbocycles. The van der Waals surface area contributed by atoms with Crippen molar-refractivity contribution in [2.45, 2.75) is 39.4 Å². The molecule has 0 aliphatic carbocycles. The van der Waals surface area contributed by atoms with Crippen LogP contribution in [0.4, 0.5) is 13.2 Å². The fourth-order valence-corrected chi connectivity index (χ4v) is 5.29. The Labute approximate surface area is 175 Å². The van der Waals surface area contributed by atoms with E-state index in [2.05, 4.69) is 27.9 Å². The highest BCUT2D eigenvalue weighted by atomic mass is 127. The van der Waals surface area contributed by atoms with Crippen LogP contribution in [0.3, 0.4) is 0 Å². The van der Waals surface area contributed by atoms with E-state index in [0.29, 0.717) is 5.56 Å². The first-order valence-corrected chi connectivity index (χ1v) is 12.1. The van der Waals surface area contributed by atoms with E-state index in [0.717, 1.165) is 14.7 Å². The molecule has 1 N–H and O–H groups in total. The summed E-state index contributed by atoms with van der Waals surface area (Å²) < 4.78 is 49.2. The number of hydrogen-bond donors (Lipinski definition) is 1. The van der Waals surface area contributed by atoms with E-state index in [1.807, 2.05) is 26.0 Å². The van der Waals surface area contributed by atoms with Gasteiger partial charge in [0.1, 0.15) is 5.76 Å². The summed E-state index contributed by atoms with van der Waals surface area (Å²) in [5.74, 6) is -0.138. The third-order valence-electron chi connectivity index (χ3n) is 3.92. The third kappa shape index (κ3) is 5.46. The number of carbonyl (C=O) groups is 1. The average Bonchev–Trinajstić information content (AvgIpc) is 2.66. The molecule has 1 aliphatic heterocycles. The smallest absolute Gasteiger partial charge is 0.412 e. The molecular formula is C17H20F3INO3PS. The van der Waals surface area contributed by atoms with Crippen LogP contribution < -0.4 is 5.32 Å². The highest BCUT2D eigenvalue weighted by molar-refractivity contribution is 14.1. The van der Waals surface area contributed by atoms with E-state index >= 15 is 0 Å². The normalized spacial score (nSPS) is 19.1. The molecule has 0 saturated heterocycles. The van der Waals surface area contributed by atoms with E-state index in [9.17, 15) is 18.0 Å². The summed E-state index contributed by atoms with van der Waals surface area (Å²) in [6, 6.07) is 3.85. The Balaban J connectivity index is 2.54. The molecule has 27 heavy (non-hydrogen) atoms. The third-order valence-corrected chi connectivity index (χ3v) is 6.19. The predicted molar refractivity (Wildman–Crippen MR) is 111 cm³/mol. The van der Waals surface area contributed by atoms with Gasteiger partial charge in [-0.2, -0.15) is 13.2 Å². The van der Waals surface area contributed by atoms with E-state index in [1.165, 1.54) is 6.66 Å². The van der Waals surface area contributed by atoms with E-state index < -0.39 is 24.8 Å². The summed E-state index contributed by atoms with van der Waals surface area (Å²) in [6.45, 7) is 3.72. The molecule has 1 aliphatic rings. The first-order valence-electron chi connectivity index (χ1n) is 7.96. The second kappa shape index (κ2) is 7.65. The van der Waals surface area contributed by atoms with Crippen LogP contribution in [0.15, 0.2) is 17.9 Å². The first-order chi connectivity index (χ1) is 12.1. The molecule has 1 unspecified atom stereocenters. The number of nitrogens with one attached hydrogen (secondary N) is 1. The quantitative estimate of drug-likeness (QED) is 0.425. The van der Waals surface area contributed by atoms with Crippen LogP contribution in [-0.2, 0) is 25.6 Å². The molecule has 1 aromatic rings. The van der Waals surface area contributed by atoms with E-state index in [-0.39, 0.29) is 17.2 Å². The number of alkyl halides is 3. The molecule has 150 valence electrons. The van der Waals surface area contributed by atoms with Crippen molar-refractivity contribution in [1.82, 2.24) is 5.32 Å². The standard InChI is InChI=1S/C17H20F3INO3PS/c1-9-6-11(21)7-10(2)12(9)13-14(16(3,4)22-15(13)23)25-26(5,27)24-8-17(18,19)20/h6-7H,8H2,1-5H3,(H,22,23). The molecule has 0 radical (unpaired) electrons. The van der Waals surface area contributed by atoms with E-state index in [1.54, 1.807) is 13.8 Å². The lowest BCUT2D eigenvalue weighted by Crippen LogP contribution is -2.38. The lowest BCUT2D eigenvalue weighted by molar-refractivity contribution is -0.153. The largest absolute Gasteiger partial charge is 0.445 e. The summed E-state index contributed by atoms with van der Waals surface area (Å²) in [5, 5.41) is 2.81. The molecule has 1 amide bonds. The number of carbonyl (C=O) groups excluding carboxylic acids is 1. The predicted octanol–water partition coefficient (Wildman–Crippen LogP) is 5.06. The monoisotopic (exact) mass is 533 g/mol. The van der Waals surface area contributed by atoms with Crippen LogP contribution in [0.25, 0.3) is 5.57 Å². The lowest BCUT2D eigenvalue weighted by atomic mass is 9.93. The highest BCUT2D eigenvalue weighted by Gasteiger charge is 2.43. The maximum absolute atomic E-state index is 12.7. The summed E-state index contributed by atoms with van der Waals surface area (Å²) in [7, 11) is 0. The van der Waals surface area contributed by atoms with Gasteiger partial charge in [-0.15, -0.1) is 0 Å². The van der Waals surface area contributed by atoms with Gasteiger partial charge < -0.3 is 14.4 Å². The van der Waals surface area contributed by atoms with Crippen molar-refractivity contribution in [3.8, 4) is 0 Å². The lowest BCUT2D eigenvalue weighted by Gasteiger charge is -2.28. The molecule has 0 aromatic heterocycles. The number of hydrogen-bond acceptors (Lipinski definition) is 4. The van der Waals surface area contributed by atoms with Gasteiger partial charge in [-0.1, -0.05) is 0 Å². The van der Waals surface area contributed by atoms with Crippen LogP contribution in [0.2, 0.25) is 0 Å². The zero-order chi connectivity index (χ0) is 20.8. The molecule has 4 nitrogen and oxygen atoms in total. The molecule has 10 heteroatoms. The average molecular weight is 533 g/mol. The molecule has 2 rings (SSSR count). The first kappa shape index (κ1) is 22.6. The minimum Gasteiger partial charge on any atom is -0.445 e. The van der Waals surface area contributed by atoms with Gasteiger partial charge in [-0.25, -0.2) is 0 Å². The van der Waals surface area contributed by atoms with E-state index in [4.69, 9.17) is 20.9 Å². The zero-order valence-electron chi connectivity index (χ0n) is 15.5. The number of rotatable bonds is 5. The van der Waals surface area contributed by atoms with Crippen molar-refractivity contribution >= 4 is 52.4 Å². The molecule has 1 aromatic carbocycles. The van der Waals surface area contributed by atoms with Crippen LogP contribution >= 0.6 is 29.1 Å². The maximum Gasteiger partial charge on any atom is 0.412 e. The van der Waals surface area contributed by atoms with Crippen molar-refractivity contribution in [3.05, 3.63) is 38.2 Å². The summed E-state index contributed by atoms with van der Waals surface area (Å²) in [5.41, 5.74) is 1.79. The molecule has 1 atom stereocenters. The summed E-state index contributed by atoms with van der Waals surface area (Å²) in [4.78, 5) is 12.7. The molecule has 0 fully saturated rings. The molecule has 0 spiro atoms. The Morgan fingerprint density at radius 2 is 1.78 bits per heavy atom. The van der Waals surface area contributed by atoms with Gasteiger partial charge >= 0.3 is 6.18 Å². The second-order valence-corrected chi connectivity index (χ2v) is 12.2. The van der Waals surface area contributed by atoms with Gasteiger partial charge in [0.15, 0.2) is 6.61 Å². The van der Waals surface area contributed by atoms with Crippen molar-refractivity contribution in [2.24, 2.45) is 0 Å². The Morgan fingerprint density at radius 3 is 2.26 bits per heavy atom. The van der Waals surface area contributed by atoms with Crippen molar-refractivity contribution < 1.29 is 27.0 Å². The fraction of sp³-hybridized carbons (Fsp3) is 0.471. The Kier molecular flexibility index (Phi) is 6.41. The summed E-state index contributed by atoms with van der Waals surface area (Å²) in [6.07, 6.45) is -4.51. The Bertz CT molecular complexity index is 844. The minimum absolute atomic E-state index is 0.216. The van der Waals surface area contributed by atoms with Crippen molar-refractivity contribution in [3.63, 3.8) is 0 Å². The van der Waals surface area contributed by atoms with Crippen LogP contribution in [0.1, 0.15) is 30.5 Å². The molecular weight excluding hydrogens is 513 g/mol. The highest BCUT2D eigenvalue weighted by Crippen LogP contribution is 2.52. The fourth-order valence-electron chi connectivity index (χ4n) is 2.89.